The Morgan fingerprint density at radius 3 is 2.48 bits per heavy atom. The summed E-state index contributed by atoms with van der Waals surface area (Å²) in [6.45, 7) is 2.93. The molecular formula is C22H27F3N6O2. The molecule has 2 fully saturated rings. The third-order valence-corrected chi connectivity index (χ3v) is 6.05. The van der Waals surface area contributed by atoms with E-state index in [0.717, 1.165) is 30.7 Å². The fourth-order valence-electron chi connectivity index (χ4n) is 4.32. The molecule has 0 radical (unpaired) electrons. The first-order chi connectivity index (χ1) is 15.4. The van der Waals surface area contributed by atoms with Crippen LogP contribution in [0.15, 0.2) is 36.0 Å². The van der Waals surface area contributed by atoms with Gasteiger partial charge >= 0.3 is 6.18 Å². The molecule has 0 spiro atoms. The summed E-state index contributed by atoms with van der Waals surface area (Å²) in [5, 5.41) is 33.3. The summed E-state index contributed by atoms with van der Waals surface area (Å²) in [7, 11) is 0. The minimum absolute atomic E-state index is 0.187. The van der Waals surface area contributed by atoms with Gasteiger partial charge in [-0.2, -0.15) is 18.4 Å². The number of likely N-dealkylation sites (tertiary alicyclic amines) is 1. The fourth-order valence-corrected chi connectivity index (χ4v) is 4.32. The van der Waals surface area contributed by atoms with E-state index in [4.69, 9.17) is 11.1 Å². The van der Waals surface area contributed by atoms with Crippen molar-refractivity contribution in [2.24, 2.45) is 11.7 Å². The van der Waals surface area contributed by atoms with Crippen molar-refractivity contribution in [3.8, 4) is 6.07 Å². The number of benzene rings is 1. The third kappa shape index (κ3) is 6.03. The van der Waals surface area contributed by atoms with Crippen LogP contribution >= 0.6 is 0 Å². The maximum absolute atomic E-state index is 12.7. The summed E-state index contributed by atoms with van der Waals surface area (Å²) in [4.78, 5) is 14.0. The van der Waals surface area contributed by atoms with Crippen molar-refractivity contribution in [3.63, 3.8) is 0 Å². The number of alkyl halides is 3. The van der Waals surface area contributed by atoms with Gasteiger partial charge in [0.15, 0.2) is 0 Å². The average molecular weight is 464 g/mol. The van der Waals surface area contributed by atoms with E-state index >= 15 is 0 Å². The Kier molecular flexibility index (Phi) is 7.00. The van der Waals surface area contributed by atoms with Gasteiger partial charge in [-0.25, -0.2) is 0 Å². The number of β-amino-alcohol motifs (C(OH)–C–C–N with tert-alkyl or cyclic N) is 1. The molecule has 0 unspecified atom stereocenters. The number of hydrogen-bond acceptors (Lipinski definition) is 6. The summed E-state index contributed by atoms with van der Waals surface area (Å²) in [5.41, 5.74) is 3.89. The first kappa shape index (κ1) is 24.5. The molecule has 178 valence electrons. The van der Waals surface area contributed by atoms with Crippen molar-refractivity contribution in [2.45, 2.75) is 50.0 Å². The normalized spacial score (nSPS) is 25.5. The van der Waals surface area contributed by atoms with Gasteiger partial charge in [-0.15, -0.1) is 0 Å². The van der Waals surface area contributed by atoms with Gasteiger partial charge in [0, 0.05) is 37.1 Å². The molecule has 11 heteroatoms. The predicted octanol–water partition coefficient (Wildman–Crippen LogP) is 2.18. The Labute approximate surface area is 189 Å². The summed E-state index contributed by atoms with van der Waals surface area (Å²) in [5.74, 6) is -1.60. The number of halogens is 3. The van der Waals surface area contributed by atoms with Crippen molar-refractivity contribution in [1.82, 2.24) is 10.2 Å². The second-order valence-electron chi connectivity index (χ2n) is 8.87. The maximum Gasteiger partial charge on any atom is 0.416 e. The number of hydrogen-bond donors (Lipinski definition) is 5. The first-order valence-corrected chi connectivity index (χ1v) is 10.5. The molecule has 1 amide bonds. The highest BCUT2D eigenvalue weighted by atomic mass is 19.4. The molecular weight excluding hydrogens is 437 g/mol. The van der Waals surface area contributed by atoms with Gasteiger partial charge in [-0.1, -0.05) is 0 Å². The van der Waals surface area contributed by atoms with Crippen molar-refractivity contribution >= 4 is 17.4 Å². The standard InChI is InChI=1S/C22H27F3N6O2/c1-21(33)11-31(12-21)16-6-7-18(13(8-16)9-26)29-10-17(20(28)32)19(27)30-15-4-2-14(3-5-15)22(23,24)25/h2-5,10,13,16,18,29,33H,6-8,11-12H2,1H3,(H2,27,30)(H2,28,32)/b17-10+/t13-,16+,18+/m1/s1. The quantitative estimate of drug-likeness (QED) is 0.249. The van der Waals surface area contributed by atoms with Crippen molar-refractivity contribution in [1.29, 1.82) is 10.7 Å². The molecule has 1 aromatic rings. The molecule has 2 aliphatic rings. The summed E-state index contributed by atoms with van der Waals surface area (Å²) in [6, 6.07) is 6.29. The number of nitrogens with one attached hydrogen (secondary N) is 3. The molecule has 6 N–H and O–H groups in total. The van der Waals surface area contributed by atoms with Gasteiger partial charge in [0.25, 0.3) is 5.91 Å². The van der Waals surface area contributed by atoms with Gasteiger partial charge in [-0.3, -0.25) is 15.1 Å². The van der Waals surface area contributed by atoms with Crippen LogP contribution in [-0.2, 0) is 11.0 Å². The Morgan fingerprint density at radius 1 is 1.33 bits per heavy atom. The minimum Gasteiger partial charge on any atom is -0.388 e. The van der Waals surface area contributed by atoms with Gasteiger partial charge < -0.3 is 21.5 Å². The number of nitrogens with zero attached hydrogens (tertiary/aromatic N) is 2. The second kappa shape index (κ2) is 9.41. The second-order valence-corrected chi connectivity index (χ2v) is 8.87. The topological polar surface area (TPSA) is 138 Å². The van der Waals surface area contributed by atoms with Gasteiger partial charge in [0.2, 0.25) is 0 Å². The van der Waals surface area contributed by atoms with Crippen molar-refractivity contribution in [2.75, 3.05) is 18.4 Å². The van der Waals surface area contributed by atoms with Crippen LogP contribution in [0.5, 0.6) is 0 Å². The summed E-state index contributed by atoms with van der Waals surface area (Å²) in [6.07, 6.45) is -1.11. The van der Waals surface area contributed by atoms with E-state index in [1.807, 2.05) is 0 Å². The zero-order chi connectivity index (χ0) is 24.4. The van der Waals surface area contributed by atoms with Crippen LogP contribution in [0, 0.1) is 22.7 Å². The average Bonchev–Trinajstić information content (AvgIpc) is 2.71. The molecule has 1 heterocycles. The lowest BCUT2D eigenvalue weighted by Gasteiger charge is -2.50. The van der Waals surface area contributed by atoms with Crippen LogP contribution in [0.4, 0.5) is 18.9 Å². The van der Waals surface area contributed by atoms with Crippen LogP contribution < -0.4 is 16.4 Å². The number of primary amides is 1. The Morgan fingerprint density at radius 2 is 1.97 bits per heavy atom. The Bertz CT molecular complexity index is 960. The number of carbonyl (C=O) groups excluding carboxylic acids is 1. The number of amides is 1. The molecule has 1 saturated heterocycles. The van der Waals surface area contributed by atoms with Crippen LogP contribution in [0.25, 0.3) is 0 Å². The molecule has 1 saturated carbocycles. The van der Waals surface area contributed by atoms with E-state index in [0.29, 0.717) is 25.9 Å². The third-order valence-electron chi connectivity index (χ3n) is 6.05. The van der Waals surface area contributed by atoms with Crippen molar-refractivity contribution < 1.29 is 23.1 Å². The maximum atomic E-state index is 12.7. The van der Waals surface area contributed by atoms with Crippen LogP contribution in [0.2, 0.25) is 0 Å². The largest absolute Gasteiger partial charge is 0.416 e. The number of nitrogens with two attached hydrogens (primary N) is 1. The lowest BCUT2D eigenvalue weighted by Crippen LogP contribution is -2.64. The highest BCUT2D eigenvalue weighted by molar-refractivity contribution is 6.23. The molecule has 3 atom stereocenters. The van der Waals surface area contributed by atoms with E-state index in [1.165, 1.54) is 6.20 Å². The molecule has 0 aromatic heterocycles. The molecule has 8 nitrogen and oxygen atoms in total. The van der Waals surface area contributed by atoms with Crippen molar-refractivity contribution in [3.05, 3.63) is 41.6 Å². The highest BCUT2D eigenvalue weighted by Gasteiger charge is 2.43. The van der Waals surface area contributed by atoms with Crippen LogP contribution in [0.1, 0.15) is 31.7 Å². The van der Waals surface area contributed by atoms with E-state index in [9.17, 15) is 28.3 Å². The smallest absolute Gasteiger partial charge is 0.388 e. The highest BCUT2D eigenvalue weighted by Crippen LogP contribution is 2.33. The molecule has 1 aromatic carbocycles. The monoisotopic (exact) mass is 464 g/mol. The number of carbonyl (C=O) groups is 1. The summed E-state index contributed by atoms with van der Waals surface area (Å²) >= 11 is 0. The van der Waals surface area contributed by atoms with Gasteiger partial charge in [-0.05, 0) is 50.5 Å². The number of nitriles is 1. The lowest BCUT2D eigenvalue weighted by atomic mass is 9.79. The number of rotatable bonds is 6. The minimum atomic E-state index is -4.47. The number of amidine groups is 1. The van der Waals surface area contributed by atoms with E-state index in [-0.39, 0.29) is 35.1 Å². The first-order valence-electron chi connectivity index (χ1n) is 10.5. The zero-order valence-corrected chi connectivity index (χ0v) is 18.1. The SMILES string of the molecule is CC1(O)CN([C@H]2CC[C@H](N/C=C(\C(=N)Nc3ccc(C(F)(F)F)cc3)C(N)=O)[C@@H](C#N)C2)C1. The van der Waals surface area contributed by atoms with Gasteiger partial charge in [0.05, 0.1) is 28.7 Å². The van der Waals surface area contributed by atoms with E-state index in [2.05, 4.69) is 21.6 Å². The van der Waals surface area contributed by atoms with Crippen LogP contribution in [0.3, 0.4) is 0 Å². The molecule has 33 heavy (non-hydrogen) atoms. The number of anilines is 1. The molecule has 1 aliphatic heterocycles. The lowest BCUT2D eigenvalue weighted by molar-refractivity contribution is -0.137. The fraction of sp³-hybridized carbons (Fsp3) is 0.500. The number of aliphatic hydroxyl groups is 1. The Balaban J connectivity index is 1.62. The van der Waals surface area contributed by atoms with E-state index in [1.54, 1.807) is 6.92 Å². The zero-order valence-electron chi connectivity index (χ0n) is 18.1. The predicted molar refractivity (Wildman–Crippen MR) is 116 cm³/mol. The Hall–Kier alpha value is -3.10. The molecule has 3 rings (SSSR count). The molecule has 1 aliphatic carbocycles. The van der Waals surface area contributed by atoms with Gasteiger partial charge in [0.1, 0.15) is 5.84 Å². The summed E-state index contributed by atoms with van der Waals surface area (Å²) < 4.78 is 38.1. The van der Waals surface area contributed by atoms with E-state index < -0.39 is 23.2 Å². The van der Waals surface area contributed by atoms with Crippen LogP contribution in [-0.4, -0.2) is 52.5 Å². The molecule has 0 bridgehead atoms.